The van der Waals surface area contributed by atoms with Gasteiger partial charge in [0, 0.05) is 24.7 Å². The number of amides is 2. The van der Waals surface area contributed by atoms with Crippen molar-refractivity contribution in [3.8, 4) is 5.75 Å². The molecule has 0 fully saturated rings. The summed E-state index contributed by atoms with van der Waals surface area (Å²) in [6.45, 7) is 4.46. The molecule has 2 amide bonds. The first kappa shape index (κ1) is 19.0. The molecule has 29 heavy (non-hydrogen) atoms. The van der Waals surface area contributed by atoms with E-state index >= 15 is 0 Å². The molecule has 0 unspecified atom stereocenters. The van der Waals surface area contributed by atoms with Crippen molar-refractivity contribution < 1.29 is 14.3 Å². The maximum absolute atomic E-state index is 12.9. The molecule has 4 rings (SSSR count). The average molecular weight is 388 g/mol. The molecule has 0 aliphatic carbocycles. The van der Waals surface area contributed by atoms with E-state index in [4.69, 9.17) is 4.74 Å². The van der Waals surface area contributed by atoms with E-state index in [2.05, 4.69) is 17.4 Å². The van der Waals surface area contributed by atoms with Crippen LogP contribution in [0.4, 0.5) is 5.69 Å². The van der Waals surface area contributed by atoms with Crippen LogP contribution < -0.4 is 15.0 Å². The van der Waals surface area contributed by atoms with E-state index in [1.165, 1.54) is 12.3 Å². The summed E-state index contributed by atoms with van der Waals surface area (Å²) in [6, 6.07) is 19.5. The Morgan fingerprint density at radius 2 is 1.86 bits per heavy atom. The van der Waals surface area contributed by atoms with Gasteiger partial charge < -0.3 is 15.0 Å². The molecule has 3 aromatic rings. The highest BCUT2D eigenvalue weighted by Gasteiger charge is 2.37. The Morgan fingerprint density at radius 1 is 1.07 bits per heavy atom. The van der Waals surface area contributed by atoms with Gasteiger partial charge in [0.1, 0.15) is 11.8 Å². The van der Waals surface area contributed by atoms with E-state index in [1.54, 1.807) is 4.90 Å². The normalized spacial score (nSPS) is 15.4. The third kappa shape index (κ3) is 3.94. The summed E-state index contributed by atoms with van der Waals surface area (Å²) in [5, 5.41) is 5.10. The molecule has 0 saturated heterocycles. The topological polar surface area (TPSA) is 58.6 Å². The Morgan fingerprint density at radius 3 is 2.66 bits per heavy atom. The van der Waals surface area contributed by atoms with E-state index in [0.717, 1.165) is 28.0 Å². The molecule has 3 aromatic carbocycles. The summed E-state index contributed by atoms with van der Waals surface area (Å²) < 4.78 is 5.90. The molecule has 5 heteroatoms. The number of ether oxygens (including phenoxy) is 1. The molecule has 1 aliphatic heterocycles. The second kappa shape index (κ2) is 7.95. The monoisotopic (exact) mass is 388 g/mol. The highest BCUT2D eigenvalue weighted by atomic mass is 16.5. The van der Waals surface area contributed by atoms with E-state index in [-0.39, 0.29) is 11.8 Å². The molecule has 1 aliphatic rings. The van der Waals surface area contributed by atoms with Crippen molar-refractivity contribution in [1.29, 1.82) is 0 Å². The fourth-order valence-electron chi connectivity index (χ4n) is 3.80. The SMILES string of the molecule is CC(=O)N[C@@H]1C(=O)N(CCCOc2ccc3ccccc3c2)c2ccc(C)cc21. The van der Waals surface area contributed by atoms with Gasteiger partial charge in [-0.25, -0.2) is 0 Å². The second-order valence-corrected chi connectivity index (χ2v) is 7.40. The van der Waals surface area contributed by atoms with Gasteiger partial charge in [-0.1, -0.05) is 48.0 Å². The van der Waals surface area contributed by atoms with Gasteiger partial charge >= 0.3 is 0 Å². The zero-order chi connectivity index (χ0) is 20.4. The number of nitrogens with one attached hydrogen (secondary N) is 1. The van der Waals surface area contributed by atoms with Crippen molar-refractivity contribution in [3.63, 3.8) is 0 Å². The van der Waals surface area contributed by atoms with Gasteiger partial charge in [-0.05, 0) is 42.3 Å². The zero-order valence-electron chi connectivity index (χ0n) is 16.6. The number of hydrogen-bond donors (Lipinski definition) is 1. The Hall–Kier alpha value is -3.34. The third-order valence-corrected chi connectivity index (χ3v) is 5.16. The van der Waals surface area contributed by atoms with Crippen LogP contribution in [0.25, 0.3) is 10.8 Å². The maximum atomic E-state index is 12.9. The smallest absolute Gasteiger partial charge is 0.254 e. The van der Waals surface area contributed by atoms with Gasteiger partial charge in [-0.15, -0.1) is 0 Å². The molecule has 1 N–H and O–H groups in total. The molecule has 0 saturated carbocycles. The lowest BCUT2D eigenvalue weighted by Crippen LogP contribution is -2.37. The van der Waals surface area contributed by atoms with Gasteiger partial charge in [0.25, 0.3) is 5.91 Å². The molecule has 5 nitrogen and oxygen atoms in total. The molecule has 1 heterocycles. The minimum Gasteiger partial charge on any atom is -0.494 e. The number of nitrogens with zero attached hydrogens (tertiary/aromatic N) is 1. The first-order chi connectivity index (χ1) is 14.0. The molecule has 148 valence electrons. The second-order valence-electron chi connectivity index (χ2n) is 7.40. The predicted octanol–water partition coefficient (Wildman–Crippen LogP) is 4.14. The molecule has 0 bridgehead atoms. The number of anilines is 1. The number of aryl methyl sites for hydroxylation is 1. The van der Waals surface area contributed by atoms with Crippen molar-refractivity contribution >= 4 is 28.3 Å². The third-order valence-electron chi connectivity index (χ3n) is 5.16. The zero-order valence-corrected chi connectivity index (χ0v) is 16.6. The quantitative estimate of drug-likeness (QED) is 0.646. The summed E-state index contributed by atoms with van der Waals surface area (Å²) >= 11 is 0. The van der Waals surface area contributed by atoms with Crippen LogP contribution in [0.5, 0.6) is 5.75 Å². The number of hydrogen-bond acceptors (Lipinski definition) is 3. The van der Waals surface area contributed by atoms with Crippen LogP contribution in [0.1, 0.15) is 30.5 Å². The number of fused-ring (bicyclic) bond motifs is 2. The summed E-state index contributed by atoms with van der Waals surface area (Å²) in [5.41, 5.74) is 2.79. The van der Waals surface area contributed by atoms with E-state index in [9.17, 15) is 9.59 Å². The van der Waals surface area contributed by atoms with Crippen LogP contribution in [0.15, 0.2) is 60.7 Å². The van der Waals surface area contributed by atoms with Gasteiger partial charge in [0.05, 0.1) is 6.61 Å². The first-order valence-electron chi connectivity index (χ1n) is 9.83. The van der Waals surface area contributed by atoms with Crippen molar-refractivity contribution in [2.45, 2.75) is 26.3 Å². The Kier molecular flexibility index (Phi) is 5.21. The molecule has 0 radical (unpaired) electrons. The van der Waals surface area contributed by atoms with Crippen LogP contribution in [0.2, 0.25) is 0 Å². The lowest BCUT2D eigenvalue weighted by atomic mass is 10.1. The Balaban J connectivity index is 1.41. The molecular formula is C24H24N2O3. The average Bonchev–Trinajstić information content (AvgIpc) is 2.95. The minimum absolute atomic E-state index is 0.0912. The van der Waals surface area contributed by atoms with Crippen LogP contribution in [0.3, 0.4) is 0 Å². The predicted molar refractivity (Wildman–Crippen MR) is 114 cm³/mol. The lowest BCUT2D eigenvalue weighted by Gasteiger charge is -2.18. The highest BCUT2D eigenvalue weighted by Crippen LogP contribution is 2.36. The van der Waals surface area contributed by atoms with Gasteiger partial charge in [-0.2, -0.15) is 0 Å². The fraction of sp³-hybridized carbons (Fsp3) is 0.250. The largest absolute Gasteiger partial charge is 0.494 e. The summed E-state index contributed by atoms with van der Waals surface area (Å²) in [7, 11) is 0. The van der Waals surface area contributed by atoms with Crippen LogP contribution in [-0.4, -0.2) is 25.0 Å². The number of benzene rings is 3. The van der Waals surface area contributed by atoms with E-state index < -0.39 is 6.04 Å². The van der Waals surface area contributed by atoms with Crippen LogP contribution in [-0.2, 0) is 9.59 Å². The summed E-state index contributed by atoms with van der Waals surface area (Å²) in [4.78, 5) is 26.2. The van der Waals surface area contributed by atoms with Crippen molar-refractivity contribution in [1.82, 2.24) is 5.32 Å². The Bertz CT molecular complexity index is 1080. The highest BCUT2D eigenvalue weighted by molar-refractivity contribution is 6.06. The minimum atomic E-state index is -0.608. The summed E-state index contributed by atoms with van der Waals surface area (Å²) in [6.07, 6.45) is 0.693. The van der Waals surface area contributed by atoms with Crippen molar-refractivity contribution in [3.05, 3.63) is 71.8 Å². The van der Waals surface area contributed by atoms with E-state index in [1.807, 2.05) is 55.5 Å². The molecule has 0 spiro atoms. The van der Waals surface area contributed by atoms with Gasteiger partial charge in [0.2, 0.25) is 5.91 Å². The fourth-order valence-corrected chi connectivity index (χ4v) is 3.80. The number of carbonyl (C=O) groups excluding carboxylic acids is 2. The van der Waals surface area contributed by atoms with Crippen LogP contribution in [0, 0.1) is 6.92 Å². The summed E-state index contributed by atoms with van der Waals surface area (Å²) in [5.74, 6) is 0.521. The first-order valence-corrected chi connectivity index (χ1v) is 9.83. The van der Waals surface area contributed by atoms with Crippen LogP contribution >= 0.6 is 0 Å². The maximum Gasteiger partial charge on any atom is 0.254 e. The number of rotatable bonds is 6. The lowest BCUT2D eigenvalue weighted by molar-refractivity contribution is -0.126. The molecule has 0 aromatic heterocycles. The Labute approximate surface area is 170 Å². The van der Waals surface area contributed by atoms with Crippen molar-refractivity contribution in [2.75, 3.05) is 18.1 Å². The van der Waals surface area contributed by atoms with E-state index in [0.29, 0.717) is 19.6 Å². The number of carbonyl (C=O) groups is 2. The standard InChI is InChI=1S/C24H24N2O3/c1-16-8-11-22-21(14-16)23(25-17(2)27)24(28)26(22)12-5-13-29-20-10-9-18-6-3-4-7-19(18)15-20/h3-4,6-11,14-15,23H,5,12-13H2,1-2H3,(H,25,27)/t23-/m0/s1. The molecular weight excluding hydrogens is 364 g/mol. The van der Waals surface area contributed by atoms with Crippen molar-refractivity contribution in [2.24, 2.45) is 0 Å². The van der Waals surface area contributed by atoms with Gasteiger partial charge in [0.15, 0.2) is 0 Å². The molecule has 1 atom stereocenters. The van der Waals surface area contributed by atoms with Gasteiger partial charge in [-0.3, -0.25) is 9.59 Å².